The number of hydrogen-bond acceptors (Lipinski definition) is 4. The molecule has 0 radical (unpaired) electrons. The zero-order valence-electron chi connectivity index (χ0n) is 12.5. The summed E-state index contributed by atoms with van der Waals surface area (Å²) in [5.74, 6) is -0.414. The van der Waals surface area contributed by atoms with Crippen LogP contribution in [0.4, 0.5) is 8.78 Å². The first-order chi connectivity index (χ1) is 11.3. The minimum Gasteiger partial charge on any atom is -0.385 e. The van der Waals surface area contributed by atoms with E-state index in [4.69, 9.17) is 0 Å². The van der Waals surface area contributed by atoms with Gasteiger partial charge in [-0.2, -0.15) is 0 Å². The predicted octanol–water partition coefficient (Wildman–Crippen LogP) is 3.16. The van der Waals surface area contributed by atoms with E-state index in [2.05, 4.69) is 0 Å². The van der Waals surface area contributed by atoms with Gasteiger partial charge in [-0.1, -0.05) is 0 Å². The van der Waals surface area contributed by atoms with Gasteiger partial charge in [-0.3, -0.25) is 0 Å². The summed E-state index contributed by atoms with van der Waals surface area (Å²) in [5, 5.41) is 11.4. The molecule has 0 bridgehead atoms. The molecule has 2 atom stereocenters. The molecular weight excluding hydrogens is 356 g/mol. The molecule has 0 amide bonds. The molecule has 126 valence electrons. The van der Waals surface area contributed by atoms with Crippen LogP contribution in [-0.2, 0) is 16.3 Å². The molecule has 2 aromatic heterocycles. The molecule has 1 N–H and O–H groups in total. The van der Waals surface area contributed by atoms with Gasteiger partial charge in [0.2, 0.25) is 0 Å². The number of alkyl halides is 1. The van der Waals surface area contributed by atoms with Crippen LogP contribution in [0.15, 0.2) is 34.7 Å². The fourth-order valence-electron chi connectivity index (χ4n) is 3.18. The van der Waals surface area contributed by atoms with Crippen LogP contribution in [0.1, 0.15) is 17.2 Å². The second-order valence-electron chi connectivity index (χ2n) is 5.91. The van der Waals surface area contributed by atoms with Crippen molar-refractivity contribution in [2.75, 3.05) is 6.26 Å². The van der Waals surface area contributed by atoms with Crippen LogP contribution in [0.3, 0.4) is 0 Å². The summed E-state index contributed by atoms with van der Waals surface area (Å²) >= 11 is 0.979. The van der Waals surface area contributed by atoms with Gasteiger partial charge in [-0.25, -0.2) is 17.2 Å². The number of hydrogen-bond donors (Lipinski definition) is 1. The molecule has 2 heterocycles. The Bertz CT molecular complexity index is 1070. The molecule has 0 saturated carbocycles. The van der Waals surface area contributed by atoms with E-state index < -0.39 is 27.9 Å². The quantitative estimate of drug-likeness (QED) is 0.755. The number of nitrogens with zero attached hydrogens (tertiary/aromatic N) is 1. The van der Waals surface area contributed by atoms with Gasteiger partial charge in [0.15, 0.2) is 9.84 Å². The van der Waals surface area contributed by atoms with E-state index in [-0.39, 0.29) is 16.2 Å². The minimum absolute atomic E-state index is 0.0293. The molecule has 1 aromatic carbocycles. The topological polar surface area (TPSA) is 59.3 Å². The Hall–Kier alpha value is -1.77. The zero-order valence-corrected chi connectivity index (χ0v) is 14.2. The lowest BCUT2D eigenvalue weighted by Crippen LogP contribution is -2.09. The molecule has 0 aliphatic heterocycles. The summed E-state index contributed by atoms with van der Waals surface area (Å²) in [7, 11) is -3.61. The normalized spacial score (nSPS) is 20.7. The predicted molar refractivity (Wildman–Crippen MR) is 87.8 cm³/mol. The van der Waals surface area contributed by atoms with Gasteiger partial charge >= 0.3 is 0 Å². The van der Waals surface area contributed by atoms with Crippen molar-refractivity contribution in [2.45, 2.75) is 22.9 Å². The molecule has 4 nitrogen and oxygen atoms in total. The highest BCUT2D eigenvalue weighted by Gasteiger charge is 2.40. The lowest BCUT2D eigenvalue weighted by molar-refractivity contribution is 0.0910. The second-order valence-corrected chi connectivity index (χ2v) is 9.12. The van der Waals surface area contributed by atoms with E-state index in [1.165, 1.54) is 12.1 Å². The summed E-state index contributed by atoms with van der Waals surface area (Å²) < 4.78 is 53.3. The molecular formula is C16H13F2NO3S2. The van der Waals surface area contributed by atoms with Crippen molar-refractivity contribution in [3.05, 3.63) is 47.4 Å². The number of aliphatic hydroxyl groups excluding tert-OH is 1. The summed E-state index contributed by atoms with van der Waals surface area (Å²) in [6, 6.07) is 6.09. The minimum atomic E-state index is -3.61. The van der Waals surface area contributed by atoms with E-state index in [1.807, 2.05) is 0 Å². The number of benzene rings is 1. The fraction of sp³-hybridized carbons (Fsp3) is 0.250. The number of halogens is 2. The molecule has 3 aromatic rings. The largest absolute Gasteiger partial charge is 0.385 e. The van der Waals surface area contributed by atoms with Gasteiger partial charge in [0.05, 0.1) is 5.52 Å². The molecule has 4 rings (SSSR count). The lowest BCUT2D eigenvalue weighted by Gasteiger charge is -2.07. The van der Waals surface area contributed by atoms with Gasteiger partial charge in [-0.15, -0.1) is 11.3 Å². The van der Waals surface area contributed by atoms with Crippen LogP contribution >= 0.6 is 11.3 Å². The van der Waals surface area contributed by atoms with Gasteiger partial charge in [-0.05, 0) is 29.8 Å². The highest BCUT2D eigenvalue weighted by molar-refractivity contribution is 7.92. The first-order valence-corrected chi connectivity index (χ1v) is 9.93. The van der Waals surface area contributed by atoms with Crippen molar-refractivity contribution in [3.63, 3.8) is 0 Å². The number of fused-ring (bicyclic) bond motifs is 2. The van der Waals surface area contributed by atoms with Crippen LogP contribution in [0, 0.1) is 5.82 Å². The smallest absolute Gasteiger partial charge is 0.185 e. The zero-order chi connectivity index (χ0) is 17.2. The molecule has 0 fully saturated rings. The van der Waals surface area contributed by atoms with Crippen LogP contribution in [0.25, 0.3) is 15.9 Å². The molecule has 1 aliphatic carbocycles. The third kappa shape index (κ3) is 2.21. The Morgan fingerprint density at radius 3 is 2.79 bits per heavy atom. The Labute approximate surface area is 140 Å². The third-order valence-electron chi connectivity index (χ3n) is 4.24. The maximum Gasteiger partial charge on any atom is 0.185 e. The SMILES string of the molecule is CS(=O)(=O)c1sc(-n2ccc3ccc(F)cc32)c2c1[C@H](O)[C@H](F)C2. The van der Waals surface area contributed by atoms with Crippen molar-refractivity contribution >= 4 is 32.1 Å². The van der Waals surface area contributed by atoms with E-state index in [0.29, 0.717) is 16.1 Å². The Kier molecular flexibility index (Phi) is 3.35. The van der Waals surface area contributed by atoms with Crippen molar-refractivity contribution in [2.24, 2.45) is 0 Å². The maximum atomic E-state index is 14.0. The van der Waals surface area contributed by atoms with Gasteiger partial charge < -0.3 is 9.67 Å². The van der Waals surface area contributed by atoms with Crippen LogP contribution in [0.2, 0.25) is 0 Å². The van der Waals surface area contributed by atoms with Crippen molar-refractivity contribution in [3.8, 4) is 5.00 Å². The van der Waals surface area contributed by atoms with Crippen LogP contribution < -0.4 is 0 Å². The Morgan fingerprint density at radius 1 is 1.33 bits per heavy atom. The number of rotatable bonds is 2. The van der Waals surface area contributed by atoms with Crippen molar-refractivity contribution < 1.29 is 22.3 Å². The summed E-state index contributed by atoms with van der Waals surface area (Å²) in [5.41, 5.74) is 1.18. The van der Waals surface area contributed by atoms with E-state index >= 15 is 0 Å². The highest BCUT2D eigenvalue weighted by Crippen LogP contribution is 2.46. The first-order valence-electron chi connectivity index (χ1n) is 7.22. The third-order valence-corrected chi connectivity index (χ3v) is 7.33. The number of sulfone groups is 1. The van der Waals surface area contributed by atoms with Gasteiger partial charge in [0.25, 0.3) is 0 Å². The molecule has 0 unspecified atom stereocenters. The summed E-state index contributed by atoms with van der Waals surface area (Å²) in [6.07, 6.45) is -0.323. The van der Waals surface area contributed by atoms with E-state index in [1.54, 1.807) is 22.9 Å². The number of aromatic nitrogens is 1. The maximum absolute atomic E-state index is 14.0. The van der Waals surface area contributed by atoms with Crippen LogP contribution in [0.5, 0.6) is 0 Å². The van der Waals surface area contributed by atoms with E-state index in [0.717, 1.165) is 23.0 Å². The Morgan fingerprint density at radius 2 is 2.08 bits per heavy atom. The molecule has 8 heteroatoms. The highest BCUT2D eigenvalue weighted by atomic mass is 32.2. The standard InChI is InChI=1S/C16H13F2NO3S2/c1-24(21,22)16-13-10(7-11(18)14(13)20)15(23-16)19-5-4-8-2-3-9(17)6-12(8)19/h2-6,11,14,20H,7H2,1H3/t11-,14-/m1/s1. The van der Waals surface area contributed by atoms with E-state index in [9.17, 15) is 22.3 Å². The van der Waals surface area contributed by atoms with Crippen LogP contribution in [-0.4, -0.2) is 30.5 Å². The van der Waals surface area contributed by atoms with Gasteiger partial charge in [0, 0.05) is 29.8 Å². The second kappa shape index (κ2) is 5.11. The summed E-state index contributed by atoms with van der Waals surface area (Å²) in [4.78, 5) is 0. The van der Waals surface area contributed by atoms with Crippen molar-refractivity contribution in [1.29, 1.82) is 0 Å². The molecule has 24 heavy (non-hydrogen) atoms. The first kappa shape index (κ1) is 15.7. The van der Waals surface area contributed by atoms with Gasteiger partial charge in [0.1, 0.15) is 27.3 Å². The molecule has 0 spiro atoms. The lowest BCUT2D eigenvalue weighted by atomic mass is 10.2. The molecule has 0 saturated heterocycles. The van der Waals surface area contributed by atoms with Crippen molar-refractivity contribution in [1.82, 2.24) is 4.57 Å². The molecule has 1 aliphatic rings. The number of thiophene rings is 1. The average molecular weight is 369 g/mol. The average Bonchev–Trinajstić information content (AvgIpc) is 3.13. The fourth-order valence-corrected chi connectivity index (χ4v) is 5.76. The summed E-state index contributed by atoms with van der Waals surface area (Å²) in [6.45, 7) is 0. The monoisotopic (exact) mass is 369 g/mol. The Balaban J connectivity index is 2.03. The number of aliphatic hydroxyl groups is 1.